The molecule has 0 spiro atoms. The number of rotatable bonds is 5. The van der Waals surface area contributed by atoms with E-state index in [1.54, 1.807) is 0 Å². The van der Waals surface area contributed by atoms with Gasteiger partial charge in [-0.1, -0.05) is 0 Å². The standard InChI is InChI=1S/C12H17N3O3/c16-15(17)10-4-6-13-12(9-10)14-7-5-11-3-1-2-8-18-11/h4,6,9,11H,1-3,5,7-8H2,(H,13,14). The second kappa shape index (κ2) is 6.30. The molecule has 0 bridgehead atoms. The Morgan fingerprint density at radius 3 is 3.17 bits per heavy atom. The van der Waals surface area contributed by atoms with Gasteiger partial charge < -0.3 is 10.1 Å². The summed E-state index contributed by atoms with van der Waals surface area (Å²) in [6.07, 6.45) is 6.13. The number of ether oxygens (including phenoxy) is 1. The Balaban J connectivity index is 1.78. The number of aromatic nitrogens is 1. The molecule has 1 aromatic heterocycles. The molecule has 0 radical (unpaired) electrons. The van der Waals surface area contributed by atoms with Crippen molar-refractivity contribution in [1.82, 2.24) is 4.98 Å². The lowest BCUT2D eigenvalue weighted by Gasteiger charge is -2.22. The molecular weight excluding hydrogens is 234 g/mol. The lowest BCUT2D eigenvalue weighted by molar-refractivity contribution is -0.384. The number of nitrogens with one attached hydrogen (secondary N) is 1. The molecule has 6 nitrogen and oxygen atoms in total. The second-order valence-electron chi connectivity index (χ2n) is 4.36. The van der Waals surface area contributed by atoms with Gasteiger partial charge in [0.05, 0.1) is 17.1 Å². The van der Waals surface area contributed by atoms with Crippen LogP contribution >= 0.6 is 0 Å². The zero-order chi connectivity index (χ0) is 12.8. The molecule has 0 amide bonds. The van der Waals surface area contributed by atoms with Crippen LogP contribution in [0.5, 0.6) is 0 Å². The van der Waals surface area contributed by atoms with Crippen LogP contribution in [0.4, 0.5) is 11.5 Å². The number of hydrogen-bond donors (Lipinski definition) is 1. The average Bonchev–Trinajstić information content (AvgIpc) is 2.40. The van der Waals surface area contributed by atoms with E-state index in [0.717, 1.165) is 32.4 Å². The Bertz CT molecular complexity index is 405. The van der Waals surface area contributed by atoms with Gasteiger partial charge in [0.25, 0.3) is 5.69 Å². The van der Waals surface area contributed by atoms with Crippen LogP contribution in [-0.2, 0) is 4.74 Å². The molecule has 1 atom stereocenters. The van der Waals surface area contributed by atoms with Gasteiger partial charge in [-0.25, -0.2) is 4.98 Å². The molecule has 1 saturated heterocycles. The van der Waals surface area contributed by atoms with E-state index in [1.807, 2.05) is 0 Å². The monoisotopic (exact) mass is 251 g/mol. The van der Waals surface area contributed by atoms with Crippen molar-refractivity contribution < 1.29 is 9.66 Å². The predicted octanol–water partition coefficient (Wildman–Crippen LogP) is 2.36. The van der Waals surface area contributed by atoms with E-state index in [-0.39, 0.29) is 5.69 Å². The summed E-state index contributed by atoms with van der Waals surface area (Å²) in [6.45, 7) is 1.57. The number of anilines is 1. The van der Waals surface area contributed by atoms with Crippen LogP contribution in [-0.4, -0.2) is 29.2 Å². The molecule has 1 aliphatic heterocycles. The smallest absolute Gasteiger partial charge is 0.274 e. The van der Waals surface area contributed by atoms with Crippen molar-refractivity contribution in [3.63, 3.8) is 0 Å². The molecule has 0 aliphatic carbocycles. The quantitative estimate of drug-likeness (QED) is 0.642. The van der Waals surface area contributed by atoms with Crippen molar-refractivity contribution in [3.8, 4) is 0 Å². The second-order valence-corrected chi connectivity index (χ2v) is 4.36. The molecule has 0 aromatic carbocycles. The summed E-state index contributed by atoms with van der Waals surface area (Å²) in [4.78, 5) is 14.2. The minimum Gasteiger partial charge on any atom is -0.378 e. The first kappa shape index (κ1) is 12.8. The van der Waals surface area contributed by atoms with Gasteiger partial charge in [-0.3, -0.25) is 10.1 Å². The van der Waals surface area contributed by atoms with E-state index >= 15 is 0 Å². The maximum Gasteiger partial charge on any atom is 0.274 e. The minimum atomic E-state index is -0.420. The van der Waals surface area contributed by atoms with Crippen molar-refractivity contribution in [2.24, 2.45) is 0 Å². The van der Waals surface area contributed by atoms with Crippen LogP contribution in [0.2, 0.25) is 0 Å². The van der Waals surface area contributed by atoms with Gasteiger partial charge in [0.2, 0.25) is 0 Å². The third-order valence-electron chi connectivity index (χ3n) is 3.00. The highest BCUT2D eigenvalue weighted by molar-refractivity contribution is 5.44. The van der Waals surface area contributed by atoms with Gasteiger partial charge in [-0.05, 0) is 25.7 Å². The highest BCUT2D eigenvalue weighted by Crippen LogP contribution is 2.17. The molecule has 18 heavy (non-hydrogen) atoms. The molecule has 1 aliphatic rings. The Morgan fingerprint density at radius 1 is 1.56 bits per heavy atom. The first-order chi connectivity index (χ1) is 8.75. The van der Waals surface area contributed by atoms with E-state index in [4.69, 9.17) is 4.74 Å². The molecule has 2 rings (SSSR count). The van der Waals surface area contributed by atoms with Crippen molar-refractivity contribution in [1.29, 1.82) is 0 Å². The van der Waals surface area contributed by atoms with Crippen molar-refractivity contribution in [2.45, 2.75) is 31.8 Å². The largest absolute Gasteiger partial charge is 0.378 e. The summed E-state index contributed by atoms with van der Waals surface area (Å²) in [6, 6.07) is 2.83. The Hall–Kier alpha value is -1.69. The first-order valence-corrected chi connectivity index (χ1v) is 6.21. The first-order valence-electron chi connectivity index (χ1n) is 6.21. The average molecular weight is 251 g/mol. The zero-order valence-electron chi connectivity index (χ0n) is 10.2. The molecule has 98 valence electrons. The Labute approximate surface area is 106 Å². The summed E-state index contributed by atoms with van der Waals surface area (Å²) in [5.74, 6) is 0.542. The highest BCUT2D eigenvalue weighted by atomic mass is 16.6. The fraction of sp³-hybridized carbons (Fsp3) is 0.583. The van der Waals surface area contributed by atoms with E-state index in [0.29, 0.717) is 11.9 Å². The summed E-state index contributed by atoms with van der Waals surface area (Å²) in [5, 5.41) is 13.7. The van der Waals surface area contributed by atoms with Crippen molar-refractivity contribution >= 4 is 11.5 Å². The molecule has 1 N–H and O–H groups in total. The lowest BCUT2D eigenvalue weighted by atomic mass is 10.1. The SMILES string of the molecule is O=[N+]([O-])c1ccnc(NCCC2CCCCO2)c1. The topological polar surface area (TPSA) is 77.3 Å². The van der Waals surface area contributed by atoms with Crippen LogP contribution in [0, 0.1) is 10.1 Å². The van der Waals surface area contributed by atoms with E-state index in [9.17, 15) is 10.1 Å². The number of hydrogen-bond acceptors (Lipinski definition) is 5. The molecular formula is C12H17N3O3. The summed E-state index contributed by atoms with van der Waals surface area (Å²) in [5.41, 5.74) is 0.0569. The third-order valence-corrected chi connectivity index (χ3v) is 3.00. The summed E-state index contributed by atoms with van der Waals surface area (Å²) < 4.78 is 5.61. The normalized spacial score (nSPS) is 19.4. The molecule has 1 aromatic rings. The molecule has 6 heteroatoms. The van der Waals surface area contributed by atoms with E-state index in [1.165, 1.54) is 24.8 Å². The summed E-state index contributed by atoms with van der Waals surface area (Å²) in [7, 11) is 0. The van der Waals surface area contributed by atoms with Crippen LogP contribution < -0.4 is 5.32 Å². The third kappa shape index (κ3) is 3.66. The van der Waals surface area contributed by atoms with Crippen molar-refractivity contribution in [2.75, 3.05) is 18.5 Å². The zero-order valence-corrected chi connectivity index (χ0v) is 10.2. The highest BCUT2D eigenvalue weighted by Gasteiger charge is 2.13. The molecule has 0 saturated carbocycles. The number of pyridine rings is 1. The van der Waals surface area contributed by atoms with Gasteiger partial charge in [-0.2, -0.15) is 0 Å². The minimum absolute atomic E-state index is 0.0569. The maximum atomic E-state index is 10.6. The summed E-state index contributed by atoms with van der Waals surface area (Å²) >= 11 is 0. The predicted molar refractivity (Wildman–Crippen MR) is 67.6 cm³/mol. The number of nitrogens with zero attached hydrogens (tertiary/aromatic N) is 2. The van der Waals surface area contributed by atoms with Crippen LogP contribution in [0.25, 0.3) is 0 Å². The van der Waals surface area contributed by atoms with Gasteiger partial charge in [0, 0.05) is 25.4 Å². The molecule has 2 heterocycles. The Morgan fingerprint density at radius 2 is 2.44 bits per heavy atom. The van der Waals surface area contributed by atoms with Gasteiger partial charge in [-0.15, -0.1) is 0 Å². The molecule has 1 fully saturated rings. The van der Waals surface area contributed by atoms with Gasteiger partial charge in [0.15, 0.2) is 0 Å². The van der Waals surface area contributed by atoms with Gasteiger partial charge >= 0.3 is 0 Å². The van der Waals surface area contributed by atoms with Gasteiger partial charge in [0.1, 0.15) is 5.82 Å². The fourth-order valence-electron chi connectivity index (χ4n) is 2.03. The van der Waals surface area contributed by atoms with E-state index in [2.05, 4.69) is 10.3 Å². The van der Waals surface area contributed by atoms with Crippen molar-refractivity contribution in [3.05, 3.63) is 28.4 Å². The van der Waals surface area contributed by atoms with Crippen LogP contribution in [0.15, 0.2) is 18.3 Å². The maximum absolute atomic E-state index is 10.6. The van der Waals surface area contributed by atoms with Crippen LogP contribution in [0.1, 0.15) is 25.7 Å². The van der Waals surface area contributed by atoms with Crippen LogP contribution in [0.3, 0.4) is 0 Å². The Kier molecular flexibility index (Phi) is 4.46. The van der Waals surface area contributed by atoms with E-state index < -0.39 is 4.92 Å². The fourth-order valence-corrected chi connectivity index (χ4v) is 2.03. The lowest BCUT2D eigenvalue weighted by Crippen LogP contribution is -2.22. The number of nitro groups is 1. The molecule has 1 unspecified atom stereocenters.